The number of piperidine rings is 1. The highest BCUT2D eigenvalue weighted by molar-refractivity contribution is 5.92. The Morgan fingerprint density at radius 2 is 2.22 bits per heavy atom. The lowest BCUT2D eigenvalue weighted by molar-refractivity contribution is 0.0876. The Bertz CT molecular complexity index is 459. The first kappa shape index (κ1) is 12.5. The van der Waals surface area contributed by atoms with Gasteiger partial charge in [0.25, 0.3) is 5.91 Å². The van der Waals surface area contributed by atoms with Crippen molar-refractivity contribution in [2.24, 2.45) is 0 Å². The van der Waals surface area contributed by atoms with E-state index in [2.05, 4.69) is 26.3 Å². The summed E-state index contributed by atoms with van der Waals surface area (Å²) in [4.78, 5) is 21.9. The van der Waals surface area contributed by atoms with Crippen molar-refractivity contribution in [3.63, 3.8) is 0 Å². The maximum absolute atomic E-state index is 12.0. The second kappa shape index (κ2) is 5.10. The van der Waals surface area contributed by atoms with Crippen LogP contribution >= 0.6 is 0 Å². The molecule has 0 radical (unpaired) electrons. The third-order valence-electron chi connectivity index (χ3n) is 3.20. The largest absolute Gasteiger partial charge is 0.332 e. The Hall–Kier alpha value is -2.00. The molecule has 1 fully saturated rings. The third kappa shape index (κ3) is 2.63. The summed E-state index contributed by atoms with van der Waals surface area (Å²) in [7, 11) is 2.01. The molecule has 1 amide bonds. The number of likely N-dealkylation sites (tertiary alicyclic amines) is 1. The highest BCUT2D eigenvalue weighted by Crippen LogP contribution is 2.21. The number of rotatable bonds is 2. The number of amides is 1. The number of nitrogens with zero attached hydrogens (tertiary/aromatic N) is 4. The molecule has 0 atom stereocenters. The molecule has 0 spiro atoms. The Labute approximate surface area is 106 Å². The Morgan fingerprint density at radius 1 is 1.50 bits per heavy atom. The molecule has 0 aliphatic carbocycles. The predicted octanol–water partition coefficient (Wildman–Crippen LogP) is 0.194. The van der Waals surface area contributed by atoms with Crippen molar-refractivity contribution in [2.45, 2.75) is 18.4 Å². The second-order valence-corrected chi connectivity index (χ2v) is 4.54. The fourth-order valence-corrected chi connectivity index (χ4v) is 1.96. The zero-order chi connectivity index (χ0) is 13.0. The van der Waals surface area contributed by atoms with Gasteiger partial charge in [-0.1, -0.05) is 0 Å². The monoisotopic (exact) mass is 245 g/mol. The Morgan fingerprint density at radius 3 is 2.78 bits per heavy atom. The van der Waals surface area contributed by atoms with Gasteiger partial charge in [0.2, 0.25) is 0 Å². The van der Waals surface area contributed by atoms with Crippen molar-refractivity contribution in [1.82, 2.24) is 20.2 Å². The fourth-order valence-electron chi connectivity index (χ4n) is 1.96. The van der Waals surface area contributed by atoms with Gasteiger partial charge in [0.05, 0.1) is 12.3 Å². The van der Waals surface area contributed by atoms with E-state index in [0.717, 1.165) is 13.1 Å². The molecule has 1 aliphatic heterocycles. The number of aromatic nitrogens is 2. The first-order valence-corrected chi connectivity index (χ1v) is 5.83. The van der Waals surface area contributed by atoms with Crippen molar-refractivity contribution in [2.75, 3.05) is 20.1 Å². The van der Waals surface area contributed by atoms with E-state index in [1.165, 1.54) is 18.6 Å². The smallest absolute Gasteiger partial charge is 0.272 e. The number of hydrogen-bond acceptors (Lipinski definition) is 5. The van der Waals surface area contributed by atoms with Gasteiger partial charge in [-0.2, -0.15) is 5.26 Å². The van der Waals surface area contributed by atoms with Crippen LogP contribution < -0.4 is 5.32 Å². The molecule has 18 heavy (non-hydrogen) atoms. The van der Waals surface area contributed by atoms with Crippen LogP contribution in [0.5, 0.6) is 0 Å². The molecule has 0 saturated carbocycles. The summed E-state index contributed by atoms with van der Waals surface area (Å²) < 4.78 is 0. The molecule has 1 aromatic rings. The number of carbonyl (C=O) groups is 1. The third-order valence-corrected chi connectivity index (χ3v) is 3.20. The molecule has 2 heterocycles. The molecule has 1 aliphatic rings. The van der Waals surface area contributed by atoms with Crippen molar-refractivity contribution in [3.05, 3.63) is 24.3 Å². The van der Waals surface area contributed by atoms with Crippen molar-refractivity contribution < 1.29 is 4.79 Å². The van der Waals surface area contributed by atoms with Gasteiger partial charge < -0.3 is 10.2 Å². The molecular formula is C12H15N5O. The van der Waals surface area contributed by atoms with Gasteiger partial charge in [-0.25, -0.2) is 4.98 Å². The van der Waals surface area contributed by atoms with Gasteiger partial charge in [0.15, 0.2) is 0 Å². The predicted molar refractivity (Wildman–Crippen MR) is 64.6 cm³/mol. The normalized spacial score (nSPS) is 18.9. The molecule has 2 rings (SSSR count). The van der Waals surface area contributed by atoms with E-state index in [1.807, 2.05) is 7.05 Å². The lowest BCUT2D eigenvalue weighted by Crippen LogP contribution is -2.53. The number of hydrogen-bond donors (Lipinski definition) is 1. The molecule has 6 nitrogen and oxygen atoms in total. The fraction of sp³-hybridized carbons (Fsp3) is 0.500. The minimum atomic E-state index is -0.777. The SMILES string of the molecule is CN1CCC(C#N)(NC(=O)c2cnccn2)CC1. The topological polar surface area (TPSA) is 81.9 Å². The minimum Gasteiger partial charge on any atom is -0.332 e. The van der Waals surface area contributed by atoms with Crippen molar-refractivity contribution >= 4 is 5.91 Å². The summed E-state index contributed by atoms with van der Waals surface area (Å²) in [5, 5.41) is 12.1. The van der Waals surface area contributed by atoms with Crippen LogP contribution in [0.3, 0.4) is 0 Å². The average Bonchev–Trinajstić information content (AvgIpc) is 2.43. The van der Waals surface area contributed by atoms with Gasteiger partial charge in [-0.05, 0) is 19.9 Å². The quantitative estimate of drug-likeness (QED) is 0.804. The molecule has 0 unspecified atom stereocenters. The van der Waals surface area contributed by atoms with E-state index in [4.69, 9.17) is 0 Å². The summed E-state index contributed by atoms with van der Waals surface area (Å²) in [6.07, 6.45) is 5.63. The van der Waals surface area contributed by atoms with Crippen LogP contribution in [-0.2, 0) is 0 Å². The van der Waals surface area contributed by atoms with Gasteiger partial charge in [-0.15, -0.1) is 0 Å². The first-order valence-electron chi connectivity index (χ1n) is 5.83. The standard InChI is InChI=1S/C12H15N5O/c1-17-6-2-12(9-13,3-7-17)16-11(18)10-8-14-4-5-15-10/h4-5,8H,2-3,6-7H2,1H3,(H,16,18). The first-order chi connectivity index (χ1) is 8.65. The van der Waals surface area contributed by atoms with Gasteiger partial charge in [0.1, 0.15) is 11.2 Å². The number of carbonyl (C=O) groups excluding carboxylic acids is 1. The second-order valence-electron chi connectivity index (χ2n) is 4.54. The van der Waals surface area contributed by atoms with Crippen molar-refractivity contribution in [3.8, 4) is 6.07 Å². The van der Waals surface area contributed by atoms with Gasteiger partial charge in [-0.3, -0.25) is 9.78 Å². The Kier molecular flexibility index (Phi) is 3.53. The van der Waals surface area contributed by atoms with Gasteiger partial charge >= 0.3 is 0 Å². The zero-order valence-electron chi connectivity index (χ0n) is 10.3. The number of nitrogens with one attached hydrogen (secondary N) is 1. The summed E-state index contributed by atoms with van der Waals surface area (Å²) in [5.41, 5.74) is -0.535. The van der Waals surface area contributed by atoms with Crippen LogP contribution in [0.25, 0.3) is 0 Å². The van der Waals surface area contributed by atoms with Crippen LogP contribution in [0.15, 0.2) is 18.6 Å². The van der Waals surface area contributed by atoms with Crippen LogP contribution in [0.2, 0.25) is 0 Å². The van der Waals surface area contributed by atoms with Crippen LogP contribution in [0.1, 0.15) is 23.3 Å². The van der Waals surface area contributed by atoms with E-state index in [0.29, 0.717) is 12.8 Å². The maximum atomic E-state index is 12.0. The maximum Gasteiger partial charge on any atom is 0.272 e. The molecule has 1 saturated heterocycles. The molecule has 94 valence electrons. The minimum absolute atomic E-state index is 0.242. The van der Waals surface area contributed by atoms with E-state index >= 15 is 0 Å². The van der Waals surface area contributed by atoms with E-state index in [9.17, 15) is 10.1 Å². The zero-order valence-corrected chi connectivity index (χ0v) is 10.3. The molecule has 0 aromatic carbocycles. The molecule has 6 heteroatoms. The van der Waals surface area contributed by atoms with E-state index in [-0.39, 0.29) is 11.6 Å². The summed E-state index contributed by atoms with van der Waals surface area (Å²) >= 11 is 0. The van der Waals surface area contributed by atoms with E-state index < -0.39 is 5.54 Å². The summed E-state index contributed by atoms with van der Waals surface area (Å²) in [6, 6.07) is 2.23. The highest BCUT2D eigenvalue weighted by atomic mass is 16.2. The molecule has 1 N–H and O–H groups in total. The molecule has 0 bridgehead atoms. The van der Waals surface area contributed by atoms with Crippen LogP contribution in [-0.4, -0.2) is 46.5 Å². The molecule has 1 aromatic heterocycles. The molecular weight excluding hydrogens is 230 g/mol. The van der Waals surface area contributed by atoms with Gasteiger partial charge in [0, 0.05) is 25.5 Å². The average molecular weight is 245 g/mol. The van der Waals surface area contributed by atoms with E-state index in [1.54, 1.807) is 0 Å². The van der Waals surface area contributed by atoms with Crippen LogP contribution in [0.4, 0.5) is 0 Å². The van der Waals surface area contributed by atoms with Crippen LogP contribution in [0, 0.1) is 11.3 Å². The van der Waals surface area contributed by atoms with Crippen molar-refractivity contribution in [1.29, 1.82) is 5.26 Å². The lowest BCUT2D eigenvalue weighted by Gasteiger charge is -2.35. The number of nitriles is 1. The Balaban J connectivity index is 2.08. The summed E-state index contributed by atoms with van der Waals surface area (Å²) in [6.45, 7) is 1.60. The lowest BCUT2D eigenvalue weighted by atomic mass is 9.89. The highest BCUT2D eigenvalue weighted by Gasteiger charge is 2.35. The summed E-state index contributed by atoms with van der Waals surface area (Å²) in [5.74, 6) is -0.339.